The highest BCUT2D eigenvalue weighted by atomic mass is 16.3. The molecule has 0 aliphatic rings. The molecule has 1 amide bonds. The van der Waals surface area contributed by atoms with Crippen LogP contribution in [0.4, 0.5) is 5.82 Å². The van der Waals surface area contributed by atoms with Crippen molar-refractivity contribution in [2.75, 3.05) is 5.32 Å². The molecule has 20 heavy (non-hydrogen) atoms. The van der Waals surface area contributed by atoms with Gasteiger partial charge in [-0.3, -0.25) is 4.79 Å². The number of amides is 1. The largest absolute Gasteiger partial charge is 0.504 e. The second-order valence-corrected chi connectivity index (χ2v) is 4.49. The lowest BCUT2D eigenvalue weighted by Crippen LogP contribution is -2.36. The van der Waals surface area contributed by atoms with Crippen molar-refractivity contribution in [1.82, 2.24) is 4.98 Å². The molecule has 2 rings (SSSR count). The molecule has 5 heteroatoms. The first kappa shape index (κ1) is 14.0. The van der Waals surface area contributed by atoms with Crippen LogP contribution in [0.25, 0.3) is 0 Å². The van der Waals surface area contributed by atoms with Gasteiger partial charge in [-0.25, -0.2) is 4.98 Å². The molecule has 0 saturated heterocycles. The molecule has 1 aromatic heterocycles. The number of pyridine rings is 1. The molecule has 0 radical (unpaired) electrons. The maximum Gasteiger partial charge on any atom is 0.242 e. The molecule has 0 spiro atoms. The standard InChI is InChI=1S/C15H17N3O2/c16-12(9-8-11-5-2-1-3-6-11)15(20)18-14-13(19)7-4-10-17-14/h1-7,10,12,19H,8-9,16H2,(H,17,18,20)/t12-/m0/s1. The summed E-state index contributed by atoms with van der Waals surface area (Å²) in [5.41, 5.74) is 6.98. The molecule has 0 saturated carbocycles. The highest BCUT2D eigenvalue weighted by Gasteiger charge is 2.15. The van der Waals surface area contributed by atoms with E-state index in [1.165, 1.54) is 12.3 Å². The molecule has 0 aliphatic carbocycles. The van der Waals surface area contributed by atoms with Crippen molar-refractivity contribution in [2.45, 2.75) is 18.9 Å². The van der Waals surface area contributed by atoms with E-state index in [0.29, 0.717) is 6.42 Å². The fourth-order valence-corrected chi connectivity index (χ4v) is 1.80. The van der Waals surface area contributed by atoms with Gasteiger partial charge < -0.3 is 16.2 Å². The van der Waals surface area contributed by atoms with Crippen LogP contribution in [0, 0.1) is 0 Å². The number of aromatic nitrogens is 1. The average molecular weight is 271 g/mol. The molecular formula is C15H17N3O2. The molecule has 104 valence electrons. The van der Waals surface area contributed by atoms with E-state index in [4.69, 9.17) is 5.73 Å². The number of nitrogens with two attached hydrogens (primary N) is 1. The highest BCUT2D eigenvalue weighted by Crippen LogP contribution is 2.18. The average Bonchev–Trinajstić information content (AvgIpc) is 2.48. The molecular weight excluding hydrogens is 254 g/mol. The Hall–Kier alpha value is -2.40. The molecule has 0 aliphatic heterocycles. The molecule has 0 unspecified atom stereocenters. The summed E-state index contributed by atoms with van der Waals surface area (Å²) in [6, 6.07) is 12.2. The van der Waals surface area contributed by atoms with E-state index in [2.05, 4.69) is 10.3 Å². The van der Waals surface area contributed by atoms with Gasteiger partial charge in [0.15, 0.2) is 11.6 Å². The van der Waals surface area contributed by atoms with Gasteiger partial charge in [-0.15, -0.1) is 0 Å². The van der Waals surface area contributed by atoms with Crippen molar-refractivity contribution >= 4 is 11.7 Å². The number of rotatable bonds is 5. The van der Waals surface area contributed by atoms with E-state index in [-0.39, 0.29) is 17.5 Å². The summed E-state index contributed by atoms with van der Waals surface area (Å²) >= 11 is 0. The van der Waals surface area contributed by atoms with Crippen LogP contribution in [-0.4, -0.2) is 22.0 Å². The Morgan fingerprint density at radius 1 is 1.25 bits per heavy atom. The number of carbonyl (C=O) groups excluding carboxylic acids is 1. The van der Waals surface area contributed by atoms with Crippen LogP contribution in [0.5, 0.6) is 5.75 Å². The van der Waals surface area contributed by atoms with Crippen LogP contribution in [-0.2, 0) is 11.2 Å². The molecule has 1 atom stereocenters. The van der Waals surface area contributed by atoms with Crippen LogP contribution < -0.4 is 11.1 Å². The number of carbonyl (C=O) groups is 1. The molecule has 1 heterocycles. The maximum absolute atomic E-state index is 11.9. The molecule has 2 aromatic rings. The number of aromatic hydroxyl groups is 1. The van der Waals surface area contributed by atoms with Gasteiger partial charge >= 0.3 is 0 Å². The Morgan fingerprint density at radius 2 is 2.00 bits per heavy atom. The van der Waals surface area contributed by atoms with E-state index in [0.717, 1.165) is 12.0 Å². The van der Waals surface area contributed by atoms with Gasteiger partial charge in [0, 0.05) is 6.20 Å². The van der Waals surface area contributed by atoms with Crippen LogP contribution in [0.3, 0.4) is 0 Å². The number of hydrogen-bond acceptors (Lipinski definition) is 4. The fourth-order valence-electron chi connectivity index (χ4n) is 1.80. The smallest absolute Gasteiger partial charge is 0.242 e. The quantitative estimate of drug-likeness (QED) is 0.772. The first-order valence-electron chi connectivity index (χ1n) is 6.41. The van der Waals surface area contributed by atoms with Crippen molar-refractivity contribution in [3.63, 3.8) is 0 Å². The van der Waals surface area contributed by atoms with Crippen LogP contribution in [0.1, 0.15) is 12.0 Å². The Morgan fingerprint density at radius 3 is 2.70 bits per heavy atom. The Bertz CT molecular complexity index is 572. The number of nitrogens with zero attached hydrogens (tertiary/aromatic N) is 1. The monoisotopic (exact) mass is 271 g/mol. The van der Waals surface area contributed by atoms with E-state index in [1.807, 2.05) is 30.3 Å². The summed E-state index contributed by atoms with van der Waals surface area (Å²) in [5, 5.41) is 12.1. The van der Waals surface area contributed by atoms with Gasteiger partial charge in [-0.2, -0.15) is 0 Å². The third kappa shape index (κ3) is 3.80. The summed E-state index contributed by atoms with van der Waals surface area (Å²) in [6.07, 6.45) is 2.75. The summed E-state index contributed by atoms with van der Waals surface area (Å²) in [6.45, 7) is 0. The third-order valence-corrected chi connectivity index (χ3v) is 2.95. The van der Waals surface area contributed by atoms with Gasteiger partial charge in [0.05, 0.1) is 6.04 Å². The second-order valence-electron chi connectivity index (χ2n) is 4.49. The number of benzene rings is 1. The topological polar surface area (TPSA) is 88.2 Å². The van der Waals surface area contributed by atoms with Crippen molar-refractivity contribution < 1.29 is 9.90 Å². The number of anilines is 1. The molecule has 4 N–H and O–H groups in total. The minimum atomic E-state index is -0.642. The lowest BCUT2D eigenvalue weighted by molar-refractivity contribution is -0.117. The highest BCUT2D eigenvalue weighted by molar-refractivity contribution is 5.94. The Balaban J connectivity index is 1.88. The van der Waals surface area contributed by atoms with Gasteiger partial charge in [0.25, 0.3) is 0 Å². The van der Waals surface area contributed by atoms with Crippen molar-refractivity contribution in [3.05, 3.63) is 54.2 Å². The van der Waals surface area contributed by atoms with Crippen LogP contribution >= 0.6 is 0 Å². The summed E-state index contributed by atoms with van der Waals surface area (Å²) in [5.74, 6) is -0.293. The van der Waals surface area contributed by atoms with Crippen molar-refractivity contribution in [2.24, 2.45) is 5.73 Å². The van der Waals surface area contributed by atoms with Crippen LogP contribution in [0.15, 0.2) is 48.7 Å². The lowest BCUT2D eigenvalue weighted by Gasteiger charge is -2.12. The first-order valence-corrected chi connectivity index (χ1v) is 6.41. The summed E-state index contributed by atoms with van der Waals surface area (Å²) < 4.78 is 0. The molecule has 5 nitrogen and oxygen atoms in total. The fraction of sp³-hybridized carbons (Fsp3) is 0.200. The van der Waals surface area contributed by atoms with Gasteiger partial charge in [0.2, 0.25) is 5.91 Å². The predicted octanol–water partition coefficient (Wildman–Crippen LogP) is 1.69. The maximum atomic E-state index is 11.9. The summed E-state index contributed by atoms with van der Waals surface area (Å²) in [7, 11) is 0. The number of hydrogen-bond donors (Lipinski definition) is 3. The lowest BCUT2D eigenvalue weighted by atomic mass is 10.1. The first-order chi connectivity index (χ1) is 9.66. The molecule has 1 aromatic carbocycles. The number of aryl methyl sites for hydroxylation is 1. The molecule has 0 fully saturated rings. The number of nitrogens with one attached hydrogen (secondary N) is 1. The zero-order chi connectivity index (χ0) is 14.4. The third-order valence-electron chi connectivity index (χ3n) is 2.95. The molecule has 0 bridgehead atoms. The van der Waals surface area contributed by atoms with Crippen molar-refractivity contribution in [3.8, 4) is 5.75 Å². The van der Waals surface area contributed by atoms with Gasteiger partial charge in [0.1, 0.15) is 0 Å². The van der Waals surface area contributed by atoms with Crippen molar-refractivity contribution in [1.29, 1.82) is 0 Å². The SMILES string of the molecule is N[C@@H](CCc1ccccc1)C(=O)Nc1ncccc1O. The zero-order valence-corrected chi connectivity index (χ0v) is 11.0. The van der Waals surface area contributed by atoms with E-state index in [1.54, 1.807) is 6.07 Å². The Kier molecular flexibility index (Phi) is 4.68. The van der Waals surface area contributed by atoms with Gasteiger partial charge in [-0.05, 0) is 30.5 Å². The Labute approximate surface area is 117 Å². The predicted molar refractivity (Wildman–Crippen MR) is 77.3 cm³/mol. The summed E-state index contributed by atoms with van der Waals surface area (Å²) in [4.78, 5) is 15.8. The van der Waals surface area contributed by atoms with E-state index >= 15 is 0 Å². The van der Waals surface area contributed by atoms with E-state index < -0.39 is 6.04 Å². The van der Waals surface area contributed by atoms with Gasteiger partial charge in [-0.1, -0.05) is 30.3 Å². The minimum absolute atomic E-state index is 0.0730. The second kappa shape index (κ2) is 6.68. The zero-order valence-electron chi connectivity index (χ0n) is 11.0. The van der Waals surface area contributed by atoms with E-state index in [9.17, 15) is 9.90 Å². The minimum Gasteiger partial charge on any atom is -0.504 e. The van der Waals surface area contributed by atoms with Crippen LogP contribution in [0.2, 0.25) is 0 Å². The normalized spacial score (nSPS) is 11.8.